The lowest BCUT2D eigenvalue weighted by molar-refractivity contribution is 0.0724. The number of β-amino-alcohol motifs (C(OH)–C–C–N with tert-alkyl or cyclic N) is 1. The average molecular weight is 199 g/mol. The summed E-state index contributed by atoms with van der Waals surface area (Å²) in [5.41, 5.74) is 0.455. The van der Waals surface area contributed by atoms with E-state index in [9.17, 15) is 5.11 Å². The molecule has 0 aromatic carbocycles. The maximum absolute atomic E-state index is 9.29. The van der Waals surface area contributed by atoms with Crippen LogP contribution in [0.3, 0.4) is 0 Å². The number of piperidine rings is 1. The lowest BCUT2D eigenvalue weighted by Gasteiger charge is -2.39. The minimum Gasteiger partial charge on any atom is -0.392 e. The Balaban J connectivity index is 2.31. The lowest BCUT2D eigenvalue weighted by Crippen LogP contribution is -2.40. The SMILES string of the molecule is C[C@@H](O)CN1CCC(C(C)(C)C)CC1. The molecular formula is C12H25NO. The number of aliphatic hydroxyl groups is 1. The smallest absolute Gasteiger partial charge is 0.0639 e. The molecule has 0 bridgehead atoms. The van der Waals surface area contributed by atoms with Gasteiger partial charge in [0.05, 0.1) is 6.10 Å². The van der Waals surface area contributed by atoms with Crippen molar-refractivity contribution in [1.29, 1.82) is 0 Å². The van der Waals surface area contributed by atoms with Crippen LogP contribution in [0.2, 0.25) is 0 Å². The maximum atomic E-state index is 9.29. The number of nitrogens with zero attached hydrogens (tertiary/aromatic N) is 1. The van der Waals surface area contributed by atoms with Gasteiger partial charge in [0, 0.05) is 6.54 Å². The molecule has 1 fully saturated rings. The highest BCUT2D eigenvalue weighted by Crippen LogP contribution is 2.34. The van der Waals surface area contributed by atoms with E-state index in [4.69, 9.17) is 0 Å². The van der Waals surface area contributed by atoms with E-state index in [1.54, 1.807) is 0 Å². The van der Waals surface area contributed by atoms with E-state index in [-0.39, 0.29) is 6.10 Å². The molecule has 1 atom stereocenters. The van der Waals surface area contributed by atoms with E-state index in [0.717, 1.165) is 25.6 Å². The Hall–Kier alpha value is -0.0800. The van der Waals surface area contributed by atoms with Crippen molar-refractivity contribution < 1.29 is 5.11 Å². The molecule has 0 amide bonds. The van der Waals surface area contributed by atoms with Crippen LogP contribution in [0.25, 0.3) is 0 Å². The number of aliphatic hydroxyl groups excluding tert-OH is 1. The van der Waals surface area contributed by atoms with Gasteiger partial charge in [0.2, 0.25) is 0 Å². The number of hydrogen-bond acceptors (Lipinski definition) is 2. The van der Waals surface area contributed by atoms with Gasteiger partial charge in [0.15, 0.2) is 0 Å². The molecule has 0 saturated carbocycles. The Kier molecular flexibility index (Phi) is 3.96. The van der Waals surface area contributed by atoms with Crippen LogP contribution in [0.5, 0.6) is 0 Å². The zero-order valence-corrected chi connectivity index (χ0v) is 10.1. The number of rotatable bonds is 2. The van der Waals surface area contributed by atoms with Gasteiger partial charge in [-0.15, -0.1) is 0 Å². The van der Waals surface area contributed by atoms with Crippen molar-refractivity contribution >= 4 is 0 Å². The molecule has 1 heterocycles. The largest absolute Gasteiger partial charge is 0.392 e. The molecule has 1 N–H and O–H groups in total. The molecule has 14 heavy (non-hydrogen) atoms. The van der Waals surface area contributed by atoms with Crippen LogP contribution in [0.1, 0.15) is 40.5 Å². The first kappa shape index (κ1) is 12.0. The molecule has 0 unspecified atom stereocenters. The van der Waals surface area contributed by atoms with Crippen LogP contribution >= 0.6 is 0 Å². The molecule has 1 aliphatic heterocycles. The summed E-state index contributed by atoms with van der Waals surface area (Å²) >= 11 is 0. The molecule has 2 nitrogen and oxygen atoms in total. The van der Waals surface area contributed by atoms with Crippen molar-refractivity contribution in [3.63, 3.8) is 0 Å². The summed E-state index contributed by atoms with van der Waals surface area (Å²) < 4.78 is 0. The van der Waals surface area contributed by atoms with E-state index in [0.29, 0.717) is 5.41 Å². The second kappa shape index (κ2) is 4.63. The molecule has 0 aliphatic carbocycles. The highest BCUT2D eigenvalue weighted by molar-refractivity contribution is 4.80. The van der Waals surface area contributed by atoms with Crippen LogP contribution < -0.4 is 0 Å². The van der Waals surface area contributed by atoms with Gasteiger partial charge in [-0.1, -0.05) is 20.8 Å². The summed E-state index contributed by atoms with van der Waals surface area (Å²) in [7, 11) is 0. The zero-order chi connectivity index (χ0) is 10.8. The van der Waals surface area contributed by atoms with Crippen molar-refractivity contribution in [2.45, 2.75) is 46.6 Å². The second-order valence-corrected chi connectivity index (χ2v) is 5.79. The number of hydrogen-bond donors (Lipinski definition) is 1. The van der Waals surface area contributed by atoms with E-state index in [2.05, 4.69) is 25.7 Å². The van der Waals surface area contributed by atoms with Gasteiger partial charge in [-0.2, -0.15) is 0 Å². The Labute approximate surface area is 88.3 Å². The lowest BCUT2D eigenvalue weighted by atomic mass is 9.75. The van der Waals surface area contributed by atoms with E-state index in [1.165, 1.54) is 12.8 Å². The van der Waals surface area contributed by atoms with Crippen molar-refractivity contribution in [2.75, 3.05) is 19.6 Å². The first-order valence-electron chi connectivity index (χ1n) is 5.80. The summed E-state index contributed by atoms with van der Waals surface area (Å²) in [6.07, 6.45) is 2.40. The fraction of sp³-hybridized carbons (Fsp3) is 1.00. The Morgan fingerprint density at radius 2 is 1.79 bits per heavy atom. The minimum absolute atomic E-state index is 0.179. The fourth-order valence-electron chi connectivity index (χ4n) is 2.36. The van der Waals surface area contributed by atoms with Gasteiger partial charge >= 0.3 is 0 Å². The summed E-state index contributed by atoms with van der Waals surface area (Å²) in [6, 6.07) is 0. The minimum atomic E-state index is -0.179. The Bertz CT molecular complexity index is 164. The molecule has 84 valence electrons. The molecule has 1 rings (SSSR count). The summed E-state index contributed by atoms with van der Waals surface area (Å²) in [4.78, 5) is 2.38. The van der Waals surface area contributed by atoms with E-state index in [1.807, 2.05) is 6.92 Å². The summed E-state index contributed by atoms with van der Waals surface area (Å²) in [5, 5.41) is 9.29. The summed E-state index contributed by atoms with van der Waals surface area (Å²) in [5.74, 6) is 0.854. The van der Waals surface area contributed by atoms with Crippen LogP contribution in [-0.4, -0.2) is 35.7 Å². The normalized spacial score (nSPS) is 23.8. The third-order valence-corrected chi connectivity index (χ3v) is 3.33. The highest BCUT2D eigenvalue weighted by atomic mass is 16.3. The predicted octanol–water partition coefficient (Wildman–Crippen LogP) is 2.13. The van der Waals surface area contributed by atoms with Gasteiger partial charge < -0.3 is 10.0 Å². The summed E-state index contributed by atoms with van der Waals surface area (Å²) in [6.45, 7) is 12.0. The van der Waals surface area contributed by atoms with Gasteiger partial charge in [0.1, 0.15) is 0 Å². The highest BCUT2D eigenvalue weighted by Gasteiger charge is 2.28. The van der Waals surface area contributed by atoms with Gasteiger partial charge in [-0.3, -0.25) is 0 Å². The number of likely N-dealkylation sites (tertiary alicyclic amines) is 1. The molecule has 0 radical (unpaired) electrons. The molecule has 2 heteroatoms. The topological polar surface area (TPSA) is 23.5 Å². The van der Waals surface area contributed by atoms with E-state index >= 15 is 0 Å². The fourth-order valence-corrected chi connectivity index (χ4v) is 2.36. The monoisotopic (exact) mass is 199 g/mol. The standard InChI is InChI=1S/C12H25NO/c1-10(14)9-13-7-5-11(6-8-13)12(2,3)4/h10-11,14H,5-9H2,1-4H3/t10-/m1/s1. The second-order valence-electron chi connectivity index (χ2n) is 5.79. The molecule has 1 saturated heterocycles. The first-order valence-corrected chi connectivity index (χ1v) is 5.80. The first-order chi connectivity index (χ1) is 6.39. The molecular weight excluding hydrogens is 174 g/mol. The van der Waals surface area contributed by atoms with Crippen LogP contribution in [-0.2, 0) is 0 Å². The third-order valence-electron chi connectivity index (χ3n) is 3.33. The molecule has 0 spiro atoms. The Morgan fingerprint density at radius 3 is 2.14 bits per heavy atom. The van der Waals surface area contributed by atoms with Crippen LogP contribution in [0.4, 0.5) is 0 Å². The van der Waals surface area contributed by atoms with Crippen molar-refractivity contribution in [3.05, 3.63) is 0 Å². The van der Waals surface area contributed by atoms with Gasteiger partial charge in [0.25, 0.3) is 0 Å². The molecule has 1 aliphatic rings. The van der Waals surface area contributed by atoms with Gasteiger partial charge in [-0.25, -0.2) is 0 Å². The van der Waals surface area contributed by atoms with Crippen molar-refractivity contribution in [1.82, 2.24) is 4.90 Å². The Morgan fingerprint density at radius 1 is 1.29 bits per heavy atom. The molecule has 0 aromatic heterocycles. The van der Waals surface area contributed by atoms with Crippen molar-refractivity contribution in [3.8, 4) is 0 Å². The van der Waals surface area contributed by atoms with Crippen molar-refractivity contribution in [2.24, 2.45) is 11.3 Å². The van der Waals surface area contributed by atoms with Crippen LogP contribution in [0, 0.1) is 11.3 Å². The average Bonchev–Trinajstić information content (AvgIpc) is 2.02. The quantitative estimate of drug-likeness (QED) is 0.736. The van der Waals surface area contributed by atoms with Gasteiger partial charge in [-0.05, 0) is 44.2 Å². The third kappa shape index (κ3) is 3.58. The molecule has 0 aromatic rings. The maximum Gasteiger partial charge on any atom is 0.0639 e. The van der Waals surface area contributed by atoms with Crippen LogP contribution in [0.15, 0.2) is 0 Å². The predicted molar refractivity (Wildman–Crippen MR) is 60.3 cm³/mol. The zero-order valence-electron chi connectivity index (χ0n) is 10.1. The van der Waals surface area contributed by atoms with E-state index < -0.39 is 0 Å².